The van der Waals surface area contributed by atoms with Crippen LogP contribution in [0.3, 0.4) is 0 Å². The summed E-state index contributed by atoms with van der Waals surface area (Å²) in [4.78, 5) is 27.7. The Morgan fingerprint density at radius 3 is 2.17 bits per heavy atom. The molecule has 0 bridgehead atoms. The molecule has 4 heteroatoms. The molecule has 1 N–H and O–H groups in total. The van der Waals surface area contributed by atoms with Crippen molar-refractivity contribution in [2.45, 2.75) is 71.9 Å². The molecule has 162 valence electrons. The highest BCUT2D eigenvalue weighted by atomic mass is 16.2. The molecule has 2 aromatic rings. The molecule has 0 saturated heterocycles. The fourth-order valence-electron chi connectivity index (χ4n) is 3.53. The first-order valence-electron chi connectivity index (χ1n) is 11.2. The zero-order valence-corrected chi connectivity index (χ0v) is 18.9. The number of amides is 2. The standard InChI is InChI=1S/C26H36N2O2/c1-5-18-27-26(30)24(6-2)28(19-22-10-8-7-9-11-22)25(29)17-14-21-12-15-23(16-13-21)20(3)4/h7-13,15-16,20,24H,5-6,14,17-19H2,1-4H3,(H,27,30). The highest BCUT2D eigenvalue weighted by Gasteiger charge is 2.28. The van der Waals surface area contributed by atoms with Gasteiger partial charge in [-0.1, -0.05) is 82.3 Å². The summed E-state index contributed by atoms with van der Waals surface area (Å²) in [5, 5.41) is 2.96. The van der Waals surface area contributed by atoms with E-state index in [1.165, 1.54) is 5.56 Å². The summed E-state index contributed by atoms with van der Waals surface area (Å²) in [6.45, 7) is 9.42. The fourth-order valence-corrected chi connectivity index (χ4v) is 3.53. The lowest BCUT2D eigenvalue weighted by Crippen LogP contribution is -2.49. The van der Waals surface area contributed by atoms with Crippen LogP contribution in [0.2, 0.25) is 0 Å². The van der Waals surface area contributed by atoms with Gasteiger partial charge in [0.25, 0.3) is 0 Å². The van der Waals surface area contributed by atoms with Crippen molar-refractivity contribution in [2.75, 3.05) is 6.54 Å². The molecule has 0 aromatic heterocycles. The van der Waals surface area contributed by atoms with Crippen molar-refractivity contribution in [2.24, 2.45) is 0 Å². The second kappa shape index (κ2) is 12.2. The first-order valence-corrected chi connectivity index (χ1v) is 11.2. The molecule has 2 amide bonds. The maximum absolute atomic E-state index is 13.2. The van der Waals surface area contributed by atoms with Gasteiger partial charge in [-0.05, 0) is 41.9 Å². The highest BCUT2D eigenvalue weighted by molar-refractivity contribution is 5.87. The summed E-state index contributed by atoms with van der Waals surface area (Å²) in [5.74, 6) is 0.448. The van der Waals surface area contributed by atoms with Gasteiger partial charge in [0.15, 0.2) is 0 Å². The van der Waals surface area contributed by atoms with E-state index in [4.69, 9.17) is 0 Å². The van der Waals surface area contributed by atoms with Crippen molar-refractivity contribution in [1.82, 2.24) is 10.2 Å². The number of carbonyl (C=O) groups is 2. The number of nitrogens with one attached hydrogen (secondary N) is 1. The van der Waals surface area contributed by atoms with Crippen molar-refractivity contribution in [3.8, 4) is 0 Å². The van der Waals surface area contributed by atoms with Gasteiger partial charge < -0.3 is 10.2 Å². The van der Waals surface area contributed by atoms with Crippen LogP contribution in [0.15, 0.2) is 54.6 Å². The number of aryl methyl sites for hydroxylation is 1. The Bertz CT molecular complexity index is 784. The second-order valence-electron chi connectivity index (χ2n) is 8.12. The maximum Gasteiger partial charge on any atom is 0.242 e. The average molecular weight is 409 g/mol. The van der Waals surface area contributed by atoms with Gasteiger partial charge in [-0.3, -0.25) is 9.59 Å². The molecule has 30 heavy (non-hydrogen) atoms. The summed E-state index contributed by atoms with van der Waals surface area (Å²) in [6, 6.07) is 17.9. The van der Waals surface area contributed by atoms with Crippen molar-refractivity contribution >= 4 is 11.8 Å². The topological polar surface area (TPSA) is 49.4 Å². The minimum atomic E-state index is -0.451. The third kappa shape index (κ3) is 7.01. The highest BCUT2D eigenvalue weighted by Crippen LogP contribution is 2.17. The molecule has 0 spiro atoms. The van der Waals surface area contributed by atoms with Gasteiger partial charge in [-0.25, -0.2) is 0 Å². The molecular weight excluding hydrogens is 372 g/mol. The third-order valence-corrected chi connectivity index (χ3v) is 5.40. The Kier molecular flexibility index (Phi) is 9.59. The summed E-state index contributed by atoms with van der Waals surface area (Å²) in [5.41, 5.74) is 3.49. The molecule has 0 aliphatic rings. The number of nitrogens with zero attached hydrogens (tertiary/aromatic N) is 1. The molecule has 1 unspecified atom stereocenters. The lowest BCUT2D eigenvalue weighted by molar-refractivity contribution is -0.141. The monoisotopic (exact) mass is 408 g/mol. The molecular formula is C26H36N2O2. The number of benzene rings is 2. The van der Waals surface area contributed by atoms with Crippen molar-refractivity contribution in [3.05, 3.63) is 71.3 Å². The molecule has 0 heterocycles. The van der Waals surface area contributed by atoms with E-state index in [1.807, 2.05) is 44.2 Å². The van der Waals surface area contributed by atoms with Gasteiger partial charge in [-0.2, -0.15) is 0 Å². The third-order valence-electron chi connectivity index (χ3n) is 5.40. The van der Waals surface area contributed by atoms with Gasteiger partial charge in [0.05, 0.1) is 0 Å². The van der Waals surface area contributed by atoms with Crippen LogP contribution in [0.5, 0.6) is 0 Å². The molecule has 0 saturated carbocycles. The van der Waals surface area contributed by atoms with Gasteiger partial charge in [-0.15, -0.1) is 0 Å². The van der Waals surface area contributed by atoms with E-state index in [-0.39, 0.29) is 11.8 Å². The molecule has 4 nitrogen and oxygen atoms in total. The summed E-state index contributed by atoms with van der Waals surface area (Å²) in [6.07, 6.45) is 2.54. The lowest BCUT2D eigenvalue weighted by Gasteiger charge is -2.30. The van der Waals surface area contributed by atoms with Crippen LogP contribution in [0, 0.1) is 0 Å². The lowest BCUT2D eigenvalue weighted by atomic mass is 10.00. The SMILES string of the molecule is CCCNC(=O)C(CC)N(Cc1ccccc1)C(=O)CCc1ccc(C(C)C)cc1. The smallest absolute Gasteiger partial charge is 0.242 e. The van der Waals surface area contributed by atoms with Gasteiger partial charge in [0.1, 0.15) is 6.04 Å². The molecule has 0 aliphatic heterocycles. The Balaban J connectivity index is 2.13. The minimum absolute atomic E-state index is 0.0188. The predicted molar refractivity (Wildman–Crippen MR) is 123 cm³/mol. The number of carbonyl (C=O) groups excluding carboxylic acids is 2. The number of hydrogen-bond acceptors (Lipinski definition) is 2. The van der Waals surface area contributed by atoms with E-state index in [2.05, 4.69) is 43.4 Å². The largest absolute Gasteiger partial charge is 0.354 e. The number of hydrogen-bond donors (Lipinski definition) is 1. The van der Waals surface area contributed by atoms with Crippen LogP contribution in [0.25, 0.3) is 0 Å². The first kappa shape index (κ1) is 23.7. The van der Waals surface area contributed by atoms with Gasteiger partial charge in [0.2, 0.25) is 11.8 Å². The van der Waals surface area contributed by atoms with Crippen molar-refractivity contribution < 1.29 is 9.59 Å². The van der Waals surface area contributed by atoms with E-state index in [0.717, 1.165) is 17.5 Å². The summed E-state index contributed by atoms with van der Waals surface area (Å²) < 4.78 is 0. The Labute approximate surface area is 181 Å². The maximum atomic E-state index is 13.2. The zero-order valence-electron chi connectivity index (χ0n) is 18.9. The van der Waals surface area contributed by atoms with Crippen molar-refractivity contribution in [3.63, 3.8) is 0 Å². The van der Waals surface area contributed by atoms with Crippen molar-refractivity contribution in [1.29, 1.82) is 0 Å². The summed E-state index contributed by atoms with van der Waals surface area (Å²) >= 11 is 0. The fraction of sp³-hybridized carbons (Fsp3) is 0.462. The second-order valence-corrected chi connectivity index (χ2v) is 8.12. The van der Waals surface area contributed by atoms with E-state index in [1.54, 1.807) is 4.90 Å². The predicted octanol–water partition coefficient (Wildman–Crippen LogP) is 5.08. The Morgan fingerprint density at radius 2 is 1.60 bits per heavy atom. The number of rotatable bonds is 11. The molecule has 2 rings (SSSR count). The van der Waals surface area contributed by atoms with E-state index in [0.29, 0.717) is 38.3 Å². The van der Waals surface area contributed by atoms with Crippen LogP contribution in [-0.4, -0.2) is 29.3 Å². The van der Waals surface area contributed by atoms with Crippen LogP contribution < -0.4 is 5.32 Å². The van der Waals surface area contributed by atoms with E-state index < -0.39 is 6.04 Å². The average Bonchev–Trinajstić information content (AvgIpc) is 2.76. The Hall–Kier alpha value is -2.62. The molecule has 0 fully saturated rings. The normalized spacial score (nSPS) is 11.9. The Morgan fingerprint density at radius 1 is 0.933 bits per heavy atom. The minimum Gasteiger partial charge on any atom is -0.354 e. The van der Waals surface area contributed by atoms with Crippen LogP contribution in [-0.2, 0) is 22.6 Å². The molecule has 1 atom stereocenters. The van der Waals surface area contributed by atoms with Crippen LogP contribution in [0.1, 0.15) is 69.6 Å². The quantitative estimate of drug-likeness (QED) is 0.564. The summed E-state index contributed by atoms with van der Waals surface area (Å²) in [7, 11) is 0. The van der Waals surface area contributed by atoms with Gasteiger partial charge >= 0.3 is 0 Å². The molecule has 0 aliphatic carbocycles. The molecule has 2 aromatic carbocycles. The van der Waals surface area contributed by atoms with E-state index >= 15 is 0 Å². The van der Waals surface area contributed by atoms with Crippen LogP contribution in [0.4, 0.5) is 0 Å². The van der Waals surface area contributed by atoms with E-state index in [9.17, 15) is 9.59 Å². The van der Waals surface area contributed by atoms with Gasteiger partial charge in [0, 0.05) is 19.5 Å². The first-order chi connectivity index (χ1) is 14.5. The zero-order chi connectivity index (χ0) is 21.9. The molecule has 0 radical (unpaired) electrons. The van der Waals surface area contributed by atoms with Crippen LogP contribution >= 0.6 is 0 Å².